The van der Waals surface area contributed by atoms with Crippen molar-refractivity contribution < 1.29 is 24.5 Å². The Morgan fingerprint density at radius 1 is 0.917 bits per heavy atom. The number of aliphatic hydroxyl groups is 1. The molecule has 2 rings (SSSR count). The van der Waals surface area contributed by atoms with E-state index in [2.05, 4.69) is 32.0 Å². The second kappa shape index (κ2) is 11.0. The third kappa shape index (κ3) is 6.09. The summed E-state index contributed by atoms with van der Waals surface area (Å²) in [4.78, 5) is 25.0. The lowest BCUT2D eigenvalue weighted by molar-refractivity contribution is -0.137. The van der Waals surface area contributed by atoms with Gasteiger partial charge in [-0.25, -0.2) is 0 Å². The van der Waals surface area contributed by atoms with Crippen LogP contribution in [-0.4, -0.2) is 52.8 Å². The number of benzene rings is 2. The molecule has 2 aromatic rings. The normalized spacial score (nSPS) is 13.7. The fourth-order valence-corrected chi connectivity index (χ4v) is 4.46. The van der Waals surface area contributed by atoms with Crippen LogP contribution in [0.1, 0.15) is 87.0 Å². The molecule has 0 unspecified atom stereocenters. The van der Waals surface area contributed by atoms with E-state index in [1.807, 2.05) is 52.8 Å². The van der Waals surface area contributed by atoms with Crippen molar-refractivity contribution in [3.05, 3.63) is 64.2 Å². The van der Waals surface area contributed by atoms with Gasteiger partial charge in [0.05, 0.1) is 0 Å². The highest BCUT2D eigenvalue weighted by molar-refractivity contribution is 5.97. The van der Waals surface area contributed by atoms with Gasteiger partial charge in [0.15, 0.2) is 0 Å². The number of carboxylic acid groups (broad SMARTS) is 1. The van der Waals surface area contributed by atoms with Gasteiger partial charge in [0.25, 0.3) is 5.91 Å². The minimum absolute atomic E-state index is 0.203. The van der Waals surface area contributed by atoms with Gasteiger partial charge < -0.3 is 19.8 Å². The van der Waals surface area contributed by atoms with Crippen molar-refractivity contribution in [1.29, 1.82) is 0 Å². The molecule has 2 aromatic carbocycles. The zero-order valence-electron chi connectivity index (χ0n) is 23.4. The number of aliphatic carboxylic acids is 1. The number of carboxylic acids is 1. The molecule has 1 atom stereocenters. The molecule has 0 aliphatic heterocycles. The molecule has 2 N–H and O–H groups in total. The van der Waals surface area contributed by atoms with Crippen molar-refractivity contribution in [3.63, 3.8) is 0 Å². The molecule has 0 fully saturated rings. The topological polar surface area (TPSA) is 87.1 Å². The second-order valence-corrected chi connectivity index (χ2v) is 11.2. The highest BCUT2D eigenvalue weighted by Crippen LogP contribution is 2.41. The number of carbonyl (C=O) groups is 2. The van der Waals surface area contributed by atoms with E-state index in [-0.39, 0.29) is 29.9 Å². The zero-order chi connectivity index (χ0) is 27.5. The monoisotopic (exact) mass is 497 g/mol. The predicted molar refractivity (Wildman–Crippen MR) is 144 cm³/mol. The molecule has 0 radical (unpaired) electrons. The van der Waals surface area contributed by atoms with Crippen LogP contribution in [0.25, 0.3) is 0 Å². The molecule has 0 aromatic heterocycles. The molecule has 0 aliphatic carbocycles. The van der Waals surface area contributed by atoms with Crippen molar-refractivity contribution in [2.75, 3.05) is 20.2 Å². The Balaban J connectivity index is 2.40. The average molecular weight is 498 g/mol. The molecule has 0 saturated carbocycles. The Hall–Kier alpha value is -2.86. The first-order valence-corrected chi connectivity index (χ1v) is 12.6. The first kappa shape index (κ1) is 29.4. The van der Waals surface area contributed by atoms with Gasteiger partial charge in [-0.05, 0) is 73.4 Å². The minimum Gasteiger partial charge on any atom is -0.490 e. The van der Waals surface area contributed by atoms with Crippen LogP contribution in [0.4, 0.5) is 0 Å². The van der Waals surface area contributed by atoms with E-state index >= 15 is 0 Å². The van der Waals surface area contributed by atoms with Crippen molar-refractivity contribution in [1.82, 2.24) is 4.90 Å². The fourth-order valence-electron chi connectivity index (χ4n) is 4.46. The molecule has 0 heterocycles. The summed E-state index contributed by atoms with van der Waals surface area (Å²) >= 11 is 0. The van der Waals surface area contributed by atoms with Gasteiger partial charge in [-0.2, -0.15) is 0 Å². The summed E-state index contributed by atoms with van der Waals surface area (Å²) in [6.07, 6.45) is 1.74. The largest absolute Gasteiger partial charge is 0.490 e. The molecule has 6 heteroatoms. The molecule has 198 valence electrons. The number of carbonyl (C=O) groups excluding carboxylic acids is 1. The van der Waals surface area contributed by atoms with Crippen molar-refractivity contribution in [3.8, 4) is 5.75 Å². The van der Waals surface area contributed by atoms with Gasteiger partial charge in [0, 0.05) is 18.0 Å². The van der Waals surface area contributed by atoms with Crippen LogP contribution >= 0.6 is 0 Å². The first-order valence-electron chi connectivity index (χ1n) is 12.6. The Bertz CT molecular complexity index is 1090. The van der Waals surface area contributed by atoms with E-state index in [0.717, 1.165) is 35.3 Å². The number of hydrogen-bond donors (Lipinski definition) is 2. The molecule has 0 saturated heterocycles. The highest BCUT2D eigenvalue weighted by atomic mass is 16.5. The summed E-state index contributed by atoms with van der Waals surface area (Å²) in [6, 6.07) is 12.1. The first-order chi connectivity index (χ1) is 16.6. The molecular formula is C30H43NO5. The Kier molecular flexibility index (Phi) is 9.00. The number of ether oxygens (including phenoxy) is 1. The smallest absolute Gasteiger partial charge is 0.323 e. The van der Waals surface area contributed by atoms with Crippen molar-refractivity contribution in [2.45, 2.75) is 79.2 Å². The summed E-state index contributed by atoms with van der Waals surface area (Å²) in [5.74, 6) is -0.590. The number of rotatable bonds is 10. The van der Waals surface area contributed by atoms with Crippen LogP contribution < -0.4 is 4.74 Å². The van der Waals surface area contributed by atoms with Crippen molar-refractivity contribution >= 4 is 11.9 Å². The fraction of sp³-hybridized carbons (Fsp3) is 0.533. The Morgan fingerprint density at radius 3 is 1.89 bits per heavy atom. The van der Waals surface area contributed by atoms with E-state index in [4.69, 9.17) is 9.84 Å². The van der Waals surface area contributed by atoms with Crippen LogP contribution in [0.3, 0.4) is 0 Å². The van der Waals surface area contributed by atoms with Crippen LogP contribution in [0.5, 0.6) is 5.75 Å². The maximum absolute atomic E-state index is 12.8. The molecule has 0 spiro atoms. The molecule has 1 amide bonds. The van der Waals surface area contributed by atoms with E-state index in [1.54, 1.807) is 6.92 Å². The quantitative estimate of drug-likeness (QED) is 0.437. The van der Waals surface area contributed by atoms with Gasteiger partial charge in [0.1, 0.15) is 24.5 Å². The predicted octanol–water partition coefficient (Wildman–Crippen LogP) is 5.74. The standard InChI is InChI=1S/C30H43NO5/c1-10-30(11-2,22-12-14-24(20(3)16-22)27(34)31(9)18-26(32)33)23-13-15-25(21(4)17-23)36-19-29(8,35)28(5,6)7/h12-17,35H,10-11,18-19H2,1-9H3,(H,32,33)/t29-/m0/s1. The number of likely N-dealkylation sites (N-methyl/N-ethyl adjacent to an activating group) is 1. The van der Waals surface area contributed by atoms with Gasteiger partial charge in [-0.3, -0.25) is 9.59 Å². The lowest BCUT2D eigenvalue weighted by atomic mass is 9.70. The van der Waals surface area contributed by atoms with Crippen LogP contribution in [-0.2, 0) is 10.2 Å². The van der Waals surface area contributed by atoms with E-state index < -0.39 is 11.6 Å². The Morgan fingerprint density at radius 2 is 1.44 bits per heavy atom. The Labute approximate surface area is 216 Å². The molecule has 36 heavy (non-hydrogen) atoms. The minimum atomic E-state index is -1.04. The lowest BCUT2D eigenvalue weighted by Gasteiger charge is -2.37. The number of amides is 1. The van der Waals surface area contributed by atoms with Gasteiger partial charge in [-0.15, -0.1) is 0 Å². The number of hydrogen-bond acceptors (Lipinski definition) is 4. The molecule has 0 bridgehead atoms. The van der Waals surface area contributed by atoms with E-state index in [9.17, 15) is 14.7 Å². The summed E-state index contributed by atoms with van der Waals surface area (Å²) < 4.78 is 6.05. The third-order valence-electron chi connectivity index (χ3n) is 7.79. The summed E-state index contributed by atoms with van der Waals surface area (Å²) in [7, 11) is 1.50. The molecule has 6 nitrogen and oxygen atoms in total. The van der Waals surface area contributed by atoms with Gasteiger partial charge in [0.2, 0.25) is 0 Å². The van der Waals surface area contributed by atoms with Crippen LogP contribution in [0, 0.1) is 19.3 Å². The number of nitrogens with zero attached hydrogens (tertiary/aromatic N) is 1. The van der Waals surface area contributed by atoms with E-state index in [0.29, 0.717) is 5.56 Å². The van der Waals surface area contributed by atoms with Gasteiger partial charge >= 0.3 is 5.97 Å². The van der Waals surface area contributed by atoms with Crippen molar-refractivity contribution in [2.24, 2.45) is 5.41 Å². The maximum atomic E-state index is 12.8. The van der Waals surface area contributed by atoms with Crippen LogP contribution in [0.15, 0.2) is 36.4 Å². The summed E-state index contributed by atoms with van der Waals surface area (Å²) in [6.45, 7) is 15.9. The summed E-state index contributed by atoms with van der Waals surface area (Å²) in [5, 5.41) is 19.8. The lowest BCUT2D eigenvalue weighted by Crippen LogP contribution is -2.45. The van der Waals surface area contributed by atoms with Crippen LogP contribution in [0.2, 0.25) is 0 Å². The summed E-state index contributed by atoms with van der Waals surface area (Å²) in [5.41, 5.74) is 3.09. The van der Waals surface area contributed by atoms with E-state index in [1.165, 1.54) is 17.5 Å². The maximum Gasteiger partial charge on any atom is 0.323 e. The SMILES string of the molecule is CCC(CC)(c1ccc(OC[C@](C)(O)C(C)(C)C)c(C)c1)c1ccc(C(=O)N(C)CC(=O)O)c(C)c1. The highest BCUT2D eigenvalue weighted by Gasteiger charge is 2.36. The third-order valence-corrected chi connectivity index (χ3v) is 7.79. The molecular weight excluding hydrogens is 454 g/mol. The van der Waals surface area contributed by atoms with Gasteiger partial charge in [-0.1, -0.05) is 58.9 Å². The second-order valence-electron chi connectivity index (χ2n) is 11.2. The number of aryl methyl sites for hydroxylation is 2. The average Bonchev–Trinajstić information content (AvgIpc) is 2.78. The zero-order valence-corrected chi connectivity index (χ0v) is 23.4. The molecule has 0 aliphatic rings.